The SMILES string of the molecule is Cc1ccc([C@@H](C[N+](=O)[O-])Sc2ccccc2C(=O)O)cc1. The van der Waals surface area contributed by atoms with Gasteiger partial charge in [-0.2, -0.15) is 0 Å². The van der Waals surface area contributed by atoms with Crippen LogP contribution in [0.1, 0.15) is 26.7 Å². The number of carboxylic acids is 1. The molecule has 0 amide bonds. The topological polar surface area (TPSA) is 80.4 Å². The second-order valence-electron chi connectivity index (χ2n) is 4.83. The molecule has 1 N–H and O–H groups in total. The first-order valence-electron chi connectivity index (χ1n) is 6.64. The van der Waals surface area contributed by atoms with Crippen LogP contribution in [0.2, 0.25) is 0 Å². The molecular weight excluding hydrogens is 302 g/mol. The summed E-state index contributed by atoms with van der Waals surface area (Å²) in [7, 11) is 0. The molecule has 114 valence electrons. The molecule has 0 unspecified atom stereocenters. The highest BCUT2D eigenvalue weighted by Gasteiger charge is 2.22. The summed E-state index contributed by atoms with van der Waals surface area (Å²) in [5.41, 5.74) is 2.04. The third-order valence-corrected chi connectivity index (χ3v) is 4.47. The average Bonchev–Trinajstić information content (AvgIpc) is 2.47. The molecule has 0 fully saturated rings. The number of aryl methyl sites for hydroxylation is 1. The van der Waals surface area contributed by atoms with E-state index in [0.717, 1.165) is 11.1 Å². The van der Waals surface area contributed by atoms with Crippen molar-refractivity contribution in [3.8, 4) is 0 Å². The van der Waals surface area contributed by atoms with Gasteiger partial charge in [-0.1, -0.05) is 42.0 Å². The molecule has 2 aromatic carbocycles. The van der Waals surface area contributed by atoms with E-state index in [2.05, 4.69) is 0 Å². The van der Waals surface area contributed by atoms with E-state index in [1.807, 2.05) is 31.2 Å². The minimum Gasteiger partial charge on any atom is -0.478 e. The van der Waals surface area contributed by atoms with E-state index in [9.17, 15) is 20.0 Å². The van der Waals surface area contributed by atoms with Crippen molar-refractivity contribution in [1.29, 1.82) is 0 Å². The quantitative estimate of drug-likeness (QED) is 0.498. The second-order valence-corrected chi connectivity index (χ2v) is 6.08. The van der Waals surface area contributed by atoms with Crippen molar-refractivity contribution < 1.29 is 14.8 Å². The van der Waals surface area contributed by atoms with Crippen LogP contribution >= 0.6 is 11.8 Å². The fourth-order valence-corrected chi connectivity index (χ4v) is 3.26. The molecular formula is C16H15NO4S. The van der Waals surface area contributed by atoms with Gasteiger partial charge in [-0.05, 0) is 24.6 Å². The lowest BCUT2D eigenvalue weighted by atomic mass is 10.1. The molecule has 0 bridgehead atoms. The first-order chi connectivity index (χ1) is 10.5. The molecule has 0 saturated carbocycles. The van der Waals surface area contributed by atoms with Gasteiger partial charge in [0.05, 0.1) is 10.8 Å². The molecule has 1 atom stereocenters. The Morgan fingerprint density at radius 1 is 1.23 bits per heavy atom. The summed E-state index contributed by atoms with van der Waals surface area (Å²) in [6, 6.07) is 14.0. The number of hydrogen-bond acceptors (Lipinski definition) is 4. The van der Waals surface area contributed by atoms with Crippen molar-refractivity contribution in [2.24, 2.45) is 0 Å². The smallest absolute Gasteiger partial charge is 0.336 e. The predicted molar refractivity (Wildman–Crippen MR) is 85.0 cm³/mol. The van der Waals surface area contributed by atoms with E-state index in [4.69, 9.17) is 0 Å². The Morgan fingerprint density at radius 2 is 1.86 bits per heavy atom. The van der Waals surface area contributed by atoms with Gasteiger partial charge in [-0.15, -0.1) is 11.8 Å². The van der Waals surface area contributed by atoms with Gasteiger partial charge < -0.3 is 5.11 Å². The molecule has 0 aliphatic rings. The van der Waals surface area contributed by atoms with Crippen molar-refractivity contribution in [2.75, 3.05) is 6.54 Å². The number of benzene rings is 2. The first kappa shape index (κ1) is 16.0. The summed E-state index contributed by atoms with van der Waals surface area (Å²) in [6.07, 6.45) is 0. The number of aromatic carboxylic acids is 1. The van der Waals surface area contributed by atoms with Gasteiger partial charge in [0.25, 0.3) is 0 Å². The van der Waals surface area contributed by atoms with Crippen LogP contribution < -0.4 is 0 Å². The van der Waals surface area contributed by atoms with E-state index in [1.165, 1.54) is 17.8 Å². The van der Waals surface area contributed by atoms with Gasteiger partial charge in [0.2, 0.25) is 6.54 Å². The number of carbonyl (C=O) groups is 1. The zero-order valence-corrected chi connectivity index (χ0v) is 12.7. The molecule has 0 radical (unpaired) electrons. The summed E-state index contributed by atoms with van der Waals surface area (Å²) in [5.74, 6) is -1.04. The highest BCUT2D eigenvalue weighted by molar-refractivity contribution is 7.99. The van der Waals surface area contributed by atoms with Crippen LogP contribution in [0.15, 0.2) is 53.4 Å². The Labute approximate surface area is 132 Å². The monoisotopic (exact) mass is 317 g/mol. The molecule has 5 nitrogen and oxygen atoms in total. The van der Waals surface area contributed by atoms with E-state index >= 15 is 0 Å². The maximum atomic E-state index is 11.3. The van der Waals surface area contributed by atoms with Crippen molar-refractivity contribution >= 4 is 17.7 Å². The van der Waals surface area contributed by atoms with E-state index in [1.54, 1.807) is 18.2 Å². The van der Waals surface area contributed by atoms with Crippen LogP contribution in [0.4, 0.5) is 0 Å². The van der Waals surface area contributed by atoms with Crippen LogP contribution in [0.25, 0.3) is 0 Å². The second kappa shape index (κ2) is 7.09. The molecule has 0 saturated heterocycles. The number of nitro groups is 1. The minimum absolute atomic E-state index is 0.160. The van der Waals surface area contributed by atoms with Crippen molar-refractivity contribution in [2.45, 2.75) is 17.1 Å². The fourth-order valence-electron chi connectivity index (χ4n) is 2.03. The Kier molecular flexibility index (Phi) is 5.16. The lowest BCUT2D eigenvalue weighted by Crippen LogP contribution is -2.10. The number of thioether (sulfide) groups is 1. The fraction of sp³-hybridized carbons (Fsp3) is 0.188. The van der Waals surface area contributed by atoms with Crippen LogP contribution in [0.5, 0.6) is 0 Å². The van der Waals surface area contributed by atoms with Crippen molar-refractivity contribution in [1.82, 2.24) is 0 Å². The summed E-state index contributed by atoms with van der Waals surface area (Å²) >= 11 is 1.21. The molecule has 22 heavy (non-hydrogen) atoms. The maximum absolute atomic E-state index is 11.3. The first-order valence-corrected chi connectivity index (χ1v) is 7.52. The Balaban J connectivity index is 2.33. The summed E-state index contributed by atoms with van der Waals surface area (Å²) < 4.78 is 0. The number of carboxylic acid groups (broad SMARTS) is 1. The maximum Gasteiger partial charge on any atom is 0.336 e. The Hall–Kier alpha value is -2.34. The van der Waals surface area contributed by atoms with Crippen LogP contribution in [-0.4, -0.2) is 22.5 Å². The minimum atomic E-state index is -1.04. The van der Waals surface area contributed by atoms with Crippen LogP contribution in [0.3, 0.4) is 0 Å². The number of nitrogens with zero attached hydrogens (tertiary/aromatic N) is 1. The van der Waals surface area contributed by atoms with Gasteiger partial charge in [-0.25, -0.2) is 4.79 Å². The third-order valence-electron chi connectivity index (χ3n) is 3.15. The highest BCUT2D eigenvalue weighted by Crippen LogP contribution is 2.37. The average molecular weight is 317 g/mol. The Bertz CT molecular complexity index is 685. The lowest BCUT2D eigenvalue weighted by molar-refractivity contribution is -0.479. The van der Waals surface area contributed by atoms with E-state index in [0.29, 0.717) is 4.90 Å². The van der Waals surface area contributed by atoms with E-state index < -0.39 is 11.2 Å². The molecule has 2 rings (SSSR count). The van der Waals surface area contributed by atoms with E-state index in [-0.39, 0.29) is 17.0 Å². The standard InChI is InChI=1S/C16H15NO4S/c1-11-6-8-12(9-7-11)15(10-17(20)21)22-14-5-3-2-4-13(14)16(18)19/h2-9,15H,10H2,1H3,(H,18,19)/t15-/m1/s1. The summed E-state index contributed by atoms with van der Waals surface area (Å²) in [5, 5.41) is 19.7. The molecule has 0 heterocycles. The van der Waals surface area contributed by atoms with Gasteiger partial charge in [0.15, 0.2) is 0 Å². The molecule has 6 heteroatoms. The molecule has 0 spiro atoms. The predicted octanol–water partition coefficient (Wildman–Crippen LogP) is 3.80. The lowest BCUT2D eigenvalue weighted by Gasteiger charge is -2.14. The van der Waals surface area contributed by atoms with Gasteiger partial charge in [-0.3, -0.25) is 10.1 Å². The normalized spacial score (nSPS) is 11.9. The Morgan fingerprint density at radius 3 is 2.45 bits per heavy atom. The highest BCUT2D eigenvalue weighted by atomic mass is 32.2. The molecule has 0 aliphatic heterocycles. The summed E-state index contributed by atoms with van der Waals surface area (Å²) in [6.45, 7) is 1.68. The van der Waals surface area contributed by atoms with Gasteiger partial charge >= 0.3 is 5.97 Å². The van der Waals surface area contributed by atoms with Gasteiger partial charge in [0.1, 0.15) is 0 Å². The van der Waals surface area contributed by atoms with Crippen molar-refractivity contribution in [3.05, 3.63) is 75.3 Å². The molecule has 0 aliphatic carbocycles. The number of rotatable bonds is 6. The summed E-state index contributed by atoms with van der Waals surface area (Å²) in [4.78, 5) is 22.4. The zero-order chi connectivity index (χ0) is 16.1. The van der Waals surface area contributed by atoms with Crippen LogP contribution in [0, 0.1) is 17.0 Å². The molecule has 0 aromatic heterocycles. The van der Waals surface area contributed by atoms with Crippen LogP contribution in [-0.2, 0) is 0 Å². The largest absolute Gasteiger partial charge is 0.478 e. The van der Waals surface area contributed by atoms with Crippen molar-refractivity contribution in [3.63, 3.8) is 0 Å². The van der Waals surface area contributed by atoms with Gasteiger partial charge in [0, 0.05) is 9.82 Å². The third kappa shape index (κ3) is 4.08. The number of hydrogen-bond donors (Lipinski definition) is 1. The zero-order valence-electron chi connectivity index (χ0n) is 11.9. The molecule has 2 aromatic rings.